The second-order valence-electron chi connectivity index (χ2n) is 9.55. The maximum atomic E-state index is 14.1. The van der Waals surface area contributed by atoms with Crippen LogP contribution in [0.25, 0.3) is 6.08 Å². The Morgan fingerprint density at radius 2 is 1.59 bits per heavy atom. The predicted molar refractivity (Wildman–Crippen MR) is 141 cm³/mol. The van der Waals surface area contributed by atoms with Crippen LogP contribution < -0.4 is 14.5 Å². The van der Waals surface area contributed by atoms with Crippen molar-refractivity contribution in [2.45, 2.75) is 18.3 Å². The number of carbonyl (C=O) groups is 3. The molecule has 0 aliphatic carbocycles. The minimum Gasteiger partial charge on any atom is -0.496 e. The Kier molecular flexibility index (Phi) is 5.91. The van der Waals surface area contributed by atoms with Gasteiger partial charge in [0.2, 0.25) is 11.8 Å². The number of rotatable bonds is 4. The van der Waals surface area contributed by atoms with Crippen LogP contribution in [0.5, 0.6) is 5.75 Å². The van der Waals surface area contributed by atoms with Gasteiger partial charge in [-0.25, -0.2) is 4.90 Å². The standard InChI is InChI=1S/C29H20BrF3N2O4/c1-39-22-13-11-16(14-18(22)30)26(36)25-24-23(21-12-10-15-6-2-4-8-19(15)34(21)25)27(37)35(28(24)38)20-9-5-3-7-17(20)29(31,32)33/h2-14,21,23-25H,1H3. The molecule has 6 nitrogen and oxygen atoms in total. The summed E-state index contributed by atoms with van der Waals surface area (Å²) in [6, 6.07) is 14.7. The van der Waals surface area contributed by atoms with Crippen molar-refractivity contribution in [3.8, 4) is 5.75 Å². The number of halogens is 4. The first kappa shape index (κ1) is 25.4. The molecule has 3 aromatic carbocycles. The highest BCUT2D eigenvalue weighted by Crippen LogP contribution is 2.51. The predicted octanol–water partition coefficient (Wildman–Crippen LogP) is 5.75. The lowest BCUT2D eigenvalue weighted by Gasteiger charge is -2.36. The van der Waals surface area contributed by atoms with Gasteiger partial charge in [-0.05, 0) is 57.9 Å². The Morgan fingerprint density at radius 3 is 2.28 bits per heavy atom. The van der Waals surface area contributed by atoms with E-state index in [4.69, 9.17) is 4.74 Å². The summed E-state index contributed by atoms with van der Waals surface area (Å²) < 4.78 is 47.4. The Morgan fingerprint density at radius 1 is 0.923 bits per heavy atom. The first-order valence-electron chi connectivity index (χ1n) is 12.1. The van der Waals surface area contributed by atoms with Crippen molar-refractivity contribution in [1.29, 1.82) is 0 Å². The molecule has 2 fully saturated rings. The molecule has 3 aliphatic rings. The first-order chi connectivity index (χ1) is 18.6. The van der Waals surface area contributed by atoms with Gasteiger partial charge in [0.1, 0.15) is 11.8 Å². The largest absolute Gasteiger partial charge is 0.496 e. The van der Waals surface area contributed by atoms with E-state index in [-0.39, 0.29) is 5.56 Å². The average Bonchev–Trinajstić information content (AvgIpc) is 3.40. The van der Waals surface area contributed by atoms with Crippen molar-refractivity contribution < 1.29 is 32.3 Å². The van der Waals surface area contributed by atoms with E-state index < -0.39 is 58.9 Å². The van der Waals surface area contributed by atoms with E-state index in [1.54, 1.807) is 35.2 Å². The molecule has 2 saturated heterocycles. The molecule has 0 aromatic heterocycles. The number of fused-ring (bicyclic) bond motifs is 5. The smallest absolute Gasteiger partial charge is 0.418 e. The van der Waals surface area contributed by atoms with Crippen LogP contribution in [-0.2, 0) is 15.8 Å². The van der Waals surface area contributed by atoms with Crippen molar-refractivity contribution in [2.75, 3.05) is 16.9 Å². The summed E-state index contributed by atoms with van der Waals surface area (Å²) in [5.41, 5.74) is 0.137. The number of ether oxygens (including phenoxy) is 1. The number of Topliss-reactive ketones (excluding diaryl/α,β-unsaturated/α-hetero) is 1. The van der Waals surface area contributed by atoms with Gasteiger partial charge in [0.15, 0.2) is 5.78 Å². The minimum absolute atomic E-state index is 0.272. The third-order valence-corrected chi connectivity index (χ3v) is 8.19. The molecule has 6 rings (SSSR count). The van der Waals surface area contributed by atoms with Crippen LogP contribution in [0.4, 0.5) is 24.5 Å². The molecule has 4 unspecified atom stereocenters. The molecular formula is C29H20BrF3N2O4. The zero-order valence-electron chi connectivity index (χ0n) is 20.4. The number of anilines is 2. The van der Waals surface area contributed by atoms with E-state index in [0.29, 0.717) is 20.8 Å². The second kappa shape index (κ2) is 9.08. The van der Waals surface area contributed by atoms with Crippen LogP contribution >= 0.6 is 15.9 Å². The van der Waals surface area contributed by atoms with Gasteiger partial charge in [-0.1, -0.05) is 42.5 Å². The fraction of sp³-hybridized carbons (Fsp3) is 0.207. The van der Waals surface area contributed by atoms with Crippen LogP contribution in [-0.4, -0.2) is 36.8 Å². The number of hydrogen-bond acceptors (Lipinski definition) is 5. The zero-order chi connectivity index (χ0) is 27.6. The highest BCUT2D eigenvalue weighted by atomic mass is 79.9. The number of benzene rings is 3. The number of amides is 2. The van der Waals surface area contributed by atoms with Crippen LogP contribution in [0, 0.1) is 11.8 Å². The fourth-order valence-electron chi connectivity index (χ4n) is 5.95. The molecule has 0 saturated carbocycles. The van der Waals surface area contributed by atoms with Gasteiger partial charge in [0.05, 0.1) is 40.7 Å². The quantitative estimate of drug-likeness (QED) is 0.283. The molecule has 3 aromatic rings. The average molecular weight is 597 g/mol. The van der Waals surface area contributed by atoms with Crippen molar-refractivity contribution in [2.24, 2.45) is 11.8 Å². The maximum Gasteiger partial charge on any atom is 0.418 e. The summed E-state index contributed by atoms with van der Waals surface area (Å²) >= 11 is 3.39. The summed E-state index contributed by atoms with van der Waals surface area (Å²) in [5.74, 6) is -3.73. The molecule has 198 valence electrons. The highest BCUT2D eigenvalue weighted by molar-refractivity contribution is 9.10. The van der Waals surface area contributed by atoms with E-state index in [9.17, 15) is 27.6 Å². The van der Waals surface area contributed by atoms with Gasteiger partial charge in [0.25, 0.3) is 0 Å². The van der Waals surface area contributed by atoms with Crippen molar-refractivity contribution in [1.82, 2.24) is 0 Å². The van der Waals surface area contributed by atoms with Crippen LogP contribution in [0.2, 0.25) is 0 Å². The van der Waals surface area contributed by atoms with E-state index in [2.05, 4.69) is 15.9 Å². The van der Waals surface area contributed by atoms with E-state index >= 15 is 0 Å². The van der Waals surface area contributed by atoms with Crippen molar-refractivity contribution >= 4 is 51.0 Å². The molecule has 10 heteroatoms. The topological polar surface area (TPSA) is 66.9 Å². The number of carbonyl (C=O) groups excluding carboxylic acids is 3. The second-order valence-corrected chi connectivity index (χ2v) is 10.4. The molecule has 4 atom stereocenters. The normalized spacial score (nSPS) is 23.5. The number of methoxy groups -OCH3 is 1. The molecule has 0 bridgehead atoms. The number of ketones is 1. The number of alkyl halides is 3. The first-order valence-corrected chi connectivity index (χ1v) is 12.9. The molecule has 3 heterocycles. The summed E-state index contributed by atoms with van der Waals surface area (Å²) in [7, 11) is 1.49. The Hall–Kier alpha value is -3.92. The van der Waals surface area contributed by atoms with Gasteiger partial charge in [0, 0.05) is 11.3 Å². The van der Waals surface area contributed by atoms with E-state index in [0.717, 1.165) is 17.7 Å². The van der Waals surface area contributed by atoms with Crippen LogP contribution in [0.15, 0.2) is 77.3 Å². The molecular weight excluding hydrogens is 577 g/mol. The Labute approximate surface area is 229 Å². The van der Waals surface area contributed by atoms with Gasteiger partial charge in [-0.2, -0.15) is 13.2 Å². The Balaban J connectivity index is 1.50. The van der Waals surface area contributed by atoms with Crippen LogP contribution in [0.1, 0.15) is 21.5 Å². The number of hydrogen-bond donors (Lipinski definition) is 0. The molecule has 0 spiro atoms. The lowest BCUT2D eigenvalue weighted by molar-refractivity contribution is -0.137. The van der Waals surface area contributed by atoms with E-state index in [1.165, 1.54) is 19.2 Å². The van der Waals surface area contributed by atoms with Gasteiger partial charge < -0.3 is 9.64 Å². The third kappa shape index (κ3) is 3.80. The SMILES string of the molecule is COc1ccc(C(=O)C2C3C(=O)N(c4ccccc4C(F)(F)F)C(=O)C3C3C=Cc4ccccc4N32)cc1Br. The number of para-hydroxylation sites is 2. The van der Waals surface area contributed by atoms with Gasteiger partial charge in [-0.15, -0.1) is 0 Å². The summed E-state index contributed by atoms with van der Waals surface area (Å²) in [6.07, 6.45) is -1.22. The maximum absolute atomic E-state index is 14.1. The van der Waals surface area contributed by atoms with Crippen LogP contribution in [0.3, 0.4) is 0 Å². The lowest BCUT2D eigenvalue weighted by Crippen LogP contribution is -2.49. The molecule has 0 N–H and O–H groups in total. The van der Waals surface area contributed by atoms with Gasteiger partial charge in [-0.3, -0.25) is 14.4 Å². The zero-order valence-corrected chi connectivity index (χ0v) is 21.9. The number of imide groups is 1. The fourth-order valence-corrected chi connectivity index (χ4v) is 6.49. The molecule has 3 aliphatic heterocycles. The van der Waals surface area contributed by atoms with Gasteiger partial charge >= 0.3 is 6.18 Å². The Bertz CT molecular complexity index is 1570. The molecule has 0 radical (unpaired) electrons. The minimum atomic E-state index is -4.78. The monoisotopic (exact) mass is 596 g/mol. The highest BCUT2D eigenvalue weighted by Gasteiger charge is 2.64. The molecule has 39 heavy (non-hydrogen) atoms. The molecule has 2 amide bonds. The summed E-state index contributed by atoms with van der Waals surface area (Å²) in [5, 5.41) is 0. The van der Waals surface area contributed by atoms with Crippen molar-refractivity contribution in [3.05, 3.63) is 94.0 Å². The third-order valence-electron chi connectivity index (χ3n) is 7.57. The number of nitrogens with zero attached hydrogens (tertiary/aromatic N) is 2. The van der Waals surface area contributed by atoms with E-state index in [1.807, 2.05) is 24.3 Å². The lowest BCUT2D eigenvalue weighted by atomic mass is 9.86. The van der Waals surface area contributed by atoms with Crippen molar-refractivity contribution in [3.63, 3.8) is 0 Å². The summed E-state index contributed by atoms with van der Waals surface area (Å²) in [6.45, 7) is 0. The summed E-state index contributed by atoms with van der Waals surface area (Å²) in [4.78, 5) is 44.3.